The summed E-state index contributed by atoms with van der Waals surface area (Å²) in [7, 11) is 0. The standard InChI is InChI=1S/C21H21F2NO2/c22-18-12-15-4-3-11-24(20(15)13-19(18)23)21(25)14-7-9-17(10-8-14)26-16-5-1-2-6-16/h7-10,12-13,16H,1-6,11H2. The highest BCUT2D eigenvalue weighted by Gasteiger charge is 2.25. The van der Waals surface area contributed by atoms with E-state index in [1.54, 1.807) is 12.1 Å². The maximum Gasteiger partial charge on any atom is 0.258 e. The van der Waals surface area contributed by atoms with Gasteiger partial charge in [0.05, 0.1) is 11.8 Å². The summed E-state index contributed by atoms with van der Waals surface area (Å²) in [4.78, 5) is 14.4. The second-order valence-electron chi connectivity index (χ2n) is 7.00. The summed E-state index contributed by atoms with van der Waals surface area (Å²) in [6, 6.07) is 9.41. The average Bonchev–Trinajstić information content (AvgIpc) is 3.15. The molecule has 4 rings (SSSR count). The Morgan fingerprint density at radius 2 is 1.69 bits per heavy atom. The lowest BCUT2D eigenvalue weighted by Crippen LogP contribution is -2.35. The molecule has 1 amide bonds. The van der Waals surface area contributed by atoms with Crippen LogP contribution in [0.2, 0.25) is 0 Å². The van der Waals surface area contributed by atoms with Crippen molar-refractivity contribution in [2.24, 2.45) is 0 Å². The molecule has 2 aromatic rings. The van der Waals surface area contributed by atoms with E-state index in [9.17, 15) is 13.6 Å². The van der Waals surface area contributed by atoms with Crippen molar-refractivity contribution >= 4 is 11.6 Å². The van der Waals surface area contributed by atoms with Crippen LogP contribution in [0.4, 0.5) is 14.5 Å². The molecule has 0 spiro atoms. The third-order valence-corrected chi connectivity index (χ3v) is 5.19. The van der Waals surface area contributed by atoms with Gasteiger partial charge >= 0.3 is 0 Å². The fourth-order valence-corrected chi connectivity index (χ4v) is 3.82. The molecule has 0 radical (unpaired) electrons. The summed E-state index contributed by atoms with van der Waals surface area (Å²) >= 11 is 0. The van der Waals surface area contributed by atoms with Crippen molar-refractivity contribution in [3.63, 3.8) is 0 Å². The number of halogens is 2. The van der Waals surface area contributed by atoms with Crippen LogP contribution in [-0.2, 0) is 6.42 Å². The molecule has 3 nitrogen and oxygen atoms in total. The number of ether oxygens (including phenoxy) is 1. The van der Waals surface area contributed by atoms with Gasteiger partial charge in [-0.3, -0.25) is 4.79 Å². The number of anilines is 1. The summed E-state index contributed by atoms with van der Waals surface area (Å²) in [6.45, 7) is 0.497. The molecule has 26 heavy (non-hydrogen) atoms. The maximum atomic E-state index is 13.7. The molecule has 1 aliphatic carbocycles. The molecule has 0 saturated heterocycles. The summed E-state index contributed by atoms with van der Waals surface area (Å²) in [5, 5.41) is 0. The van der Waals surface area contributed by atoms with E-state index in [4.69, 9.17) is 4.74 Å². The van der Waals surface area contributed by atoms with Gasteiger partial charge in [0.15, 0.2) is 11.6 Å². The molecule has 1 heterocycles. The summed E-state index contributed by atoms with van der Waals surface area (Å²) in [5.41, 5.74) is 1.65. The summed E-state index contributed by atoms with van der Waals surface area (Å²) in [6.07, 6.45) is 6.20. The number of hydrogen-bond acceptors (Lipinski definition) is 2. The Morgan fingerprint density at radius 3 is 2.42 bits per heavy atom. The fourth-order valence-electron chi connectivity index (χ4n) is 3.82. The van der Waals surface area contributed by atoms with Crippen LogP contribution in [0.3, 0.4) is 0 Å². The first kappa shape index (κ1) is 17.0. The molecule has 0 unspecified atom stereocenters. The Labute approximate surface area is 151 Å². The highest BCUT2D eigenvalue weighted by atomic mass is 19.2. The van der Waals surface area contributed by atoms with E-state index in [-0.39, 0.29) is 12.0 Å². The molecule has 0 bridgehead atoms. The second kappa shape index (κ2) is 7.06. The zero-order chi connectivity index (χ0) is 18.1. The number of benzene rings is 2. The lowest BCUT2D eigenvalue weighted by molar-refractivity contribution is 0.0985. The third-order valence-electron chi connectivity index (χ3n) is 5.19. The van der Waals surface area contributed by atoms with Crippen molar-refractivity contribution in [3.05, 3.63) is 59.2 Å². The monoisotopic (exact) mass is 357 g/mol. The lowest BCUT2D eigenvalue weighted by atomic mass is 10.00. The number of nitrogens with zero attached hydrogens (tertiary/aromatic N) is 1. The van der Waals surface area contributed by atoms with E-state index in [1.807, 2.05) is 12.1 Å². The number of fused-ring (bicyclic) bond motifs is 1. The molecule has 1 fully saturated rings. The minimum absolute atomic E-state index is 0.204. The van der Waals surface area contributed by atoms with E-state index in [0.717, 1.165) is 31.1 Å². The molecular formula is C21H21F2NO2. The Balaban J connectivity index is 1.54. The average molecular weight is 357 g/mol. The van der Waals surface area contributed by atoms with E-state index in [2.05, 4.69) is 0 Å². The molecule has 2 aromatic carbocycles. The minimum atomic E-state index is -0.927. The van der Waals surface area contributed by atoms with Crippen molar-refractivity contribution in [1.29, 1.82) is 0 Å². The van der Waals surface area contributed by atoms with Gasteiger partial charge in [0, 0.05) is 18.2 Å². The quantitative estimate of drug-likeness (QED) is 0.784. The highest BCUT2D eigenvalue weighted by Crippen LogP contribution is 2.31. The molecule has 136 valence electrons. The van der Waals surface area contributed by atoms with Crippen molar-refractivity contribution < 1.29 is 18.3 Å². The Hall–Kier alpha value is -2.43. The van der Waals surface area contributed by atoms with Crippen molar-refractivity contribution in [3.8, 4) is 5.75 Å². The predicted octanol–water partition coefficient (Wildman–Crippen LogP) is 4.88. The largest absolute Gasteiger partial charge is 0.490 e. The number of amides is 1. The van der Waals surface area contributed by atoms with E-state index in [1.165, 1.54) is 23.8 Å². The Morgan fingerprint density at radius 1 is 1.00 bits per heavy atom. The predicted molar refractivity (Wildman–Crippen MR) is 95.7 cm³/mol. The lowest BCUT2D eigenvalue weighted by Gasteiger charge is -2.29. The van der Waals surface area contributed by atoms with Crippen LogP contribution >= 0.6 is 0 Å². The van der Waals surface area contributed by atoms with Gasteiger partial charge in [0.2, 0.25) is 0 Å². The molecule has 1 aliphatic heterocycles. The second-order valence-corrected chi connectivity index (χ2v) is 7.00. The topological polar surface area (TPSA) is 29.5 Å². The van der Waals surface area contributed by atoms with E-state index in [0.29, 0.717) is 29.8 Å². The van der Waals surface area contributed by atoms with Gasteiger partial charge in [0.25, 0.3) is 5.91 Å². The van der Waals surface area contributed by atoms with Gasteiger partial charge in [-0.2, -0.15) is 0 Å². The highest BCUT2D eigenvalue weighted by molar-refractivity contribution is 6.06. The molecule has 5 heteroatoms. The molecule has 2 aliphatic rings. The molecule has 1 saturated carbocycles. The zero-order valence-electron chi connectivity index (χ0n) is 14.5. The van der Waals surface area contributed by atoms with Crippen LogP contribution in [0, 0.1) is 11.6 Å². The van der Waals surface area contributed by atoms with Gasteiger partial charge in [-0.1, -0.05) is 0 Å². The number of hydrogen-bond donors (Lipinski definition) is 0. The van der Waals surface area contributed by atoms with E-state index >= 15 is 0 Å². The minimum Gasteiger partial charge on any atom is -0.490 e. The van der Waals surface area contributed by atoms with Crippen molar-refractivity contribution in [1.82, 2.24) is 0 Å². The summed E-state index contributed by atoms with van der Waals surface area (Å²) < 4.78 is 33.1. The van der Waals surface area contributed by atoms with Gasteiger partial charge in [-0.15, -0.1) is 0 Å². The summed E-state index contributed by atoms with van der Waals surface area (Å²) in [5.74, 6) is -1.24. The SMILES string of the molecule is O=C(c1ccc(OC2CCCC2)cc1)N1CCCc2cc(F)c(F)cc21. The Kier molecular flexibility index (Phi) is 4.62. The van der Waals surface area contributed by atoms with E-state index < -0.39 is 11.6 Å². The molecule has 0 atom stereocenters. The number of carbonyl (C=O) groups excluding carboxylic acids is 1. The molecule has 0 N–H and O–H groups in total. The normalized spacial score (nSPS) is 17.2. The van der Waals surface area contributed by atoms with Crippen LogP contribution in [0.25, 0.3) is 0 Å². The van der Waals surface area contributed by atoms with Crippen molar-refractivity contribution in [2.75, 3.05) is 11.4 Å². The maximum absolute atomic E-state index is 13.7. The van der Waals surface area contributed by atoms with Crippen LogP contribution in [0.15, 0.2) is 36.4 Å². The number of rotatable bonds is 3. The smallest absolute Gasteiger partial charge is 0.258 e. The van der Waals surface area contributed by atoms with Crippen LogP contribution < -0.4 is 9.64 Å². The number of aryl methyl sites for hydroxylation is 1. The molecule has 0 aromatic heterocycles. The van der Waals surface area contributed by atoms with Gasteiger partial charge in [-0.25, -0.2) is 8.78 Å². The van der Waals surface area contributed by atoms with Gasteiger partial charge in [-0.05, 0) is 74.4 Å². The zero-order valence-corrected chi connectivity index (χ0v) is 14.5. The van der Waals surface area contributed by atoms with Crippen molar-refractivity contribution in [2.45, 2.75) is 44.6 Å². The first-order valence-corrected chi connectivity index (χ1v) is 9.18. The fraction of sp³-hybridized carbons (Fsp3) is 0.381. The third kappa shape index (κ3) is 3.30. The van der Waals surface area contributed by atoms with Crippen LogP contribution in [-0.4, -0.2) is 18.6 Å². The van der Waals surface area contributed by atoms with Crippen LogP contribution in [0.5, 0.6) is 5.75 Å². The van der Waals surface area contributed by atoms with Gasteiger partial charge in [0.1, 0.15) is 5.75 Å². The first-order valence-electron chi connectivity index (χ1n) is 9.18. The number of carbonyl (C=O) groups is 1. The first-order chi connectivity index (χ1) is 12.6. The molecular weight excluding hydrogens is 336 g/mol. The van der Waals surface area contributed by atoms with Crippen LogP contribution in [0.1, 0.15) is 48.0 Å². The Bertz CT molecular complexity index is 814. The van der Waals surface area contributed by atoms with Gasteiger partial charge < -0.3 is 9.64 Å².